The predicted molar refractivity (Wildman–Crippen MR) is 92.8 cm³/mol. The summed E-state index contributed by atoms with van der Waals surface area (Å²) >= 11 is 0. The van der Waals surface area contributed by atoms with Crippen LogP contribution in [0, 0.1) is 17.8 Å². The Morgan fingerprint density at radius 3 is 2.71 bits per heavy atom. The molecule has 1 heterocycles. The first-order chi connectivity index (χ1) is 11.2. The average Bonchev–Trinajstić information content (AvgIpc) is 3.29. The molecule has 4 rings (SSSR count). The van der Waals surface area contributed by atoms with Gasteiger partial charge in [-0.2, -0.15) is 0 Å². The molecule has 0 saturated heterocycles. The number of carbonyl (C=O) groups is 1. The van der Waals surface area contributed by atoms with Crippen molar-refractivity contribution in [3.63, 3.8) is 0 Å². The Labute approximate surface area is 147 Å². The van der Waals surface area contributed by atoms with Crippen molar-refractivity contribution in [3.05, 3.63) is 42.5 Å². The summed E-state index contributed by atoms with van der Waals surface area (Å²) in [5.41, 5.74) is 7.23. The Bertz CT molecular complexity index is 702. The molecule has 0 spiro atoms. The predicted octanol–water partition coefficient (Wildman–Crippen LogP) is 1.68. The van der Waals surface area contributed by atoms with Crippen LogP contribution in [0.3, 0.4) is 0 Å². The highest BCUT2D eigenvalue weighted by Gasteiger charge is 2.48. The van der Waals surface area contributed by atoms with Crippen LogP contribution < -0.4 is 11.1 Å². The highest BCUT2D eigenvalue weighted by atomic mass is 35.5. The van der Waals surface area contributed by atoms with E-state index in [0.29, 0.717) is 18.4 Å². The van der Waals surface area contributed by atoms with E-state index in [0.717, 1.165) is 24.4 Å². The van der Waals surface area contributed by atoms with Crippen LogP contribution in [0.4, 0.5) is 0 Å². The van der Waals surface area contributed by atoms with Gasteiger partial charge in [-0.05, 0) is 43.2 Å². The minimum absolute atomic E-state index is 0. The van der Waals surface area contributed by atoms with E-state index in [2.05, 4.69) is 15.5 Å². The molecular weight excluding hydrogens is 326 g/mol. The molecule has 1 aromatic heterocycles. The van der Waals surface area contributed by atoms with Gasteiger partial charge in [0.25, 0.3) is 0 Å². The maximum atomic E-state index is 12.5. The van der Waals surface area contributed by atoms with Crippen molar-refractivity contribution >= 4 is 18.3 Å². The summed E-state index contributed by atoms with van der Waals surface area (Å²) in [6, 6.07) is 9.88. The first-order valence-electron chi connectivity index (χ1n) is 8.21. The quantitative estimate of drug-likeness (QED) is 0.881. The van der Waals surface area contributed by atoms with Gasteiger partial charge in [-0.15, -0.1) is 22.6 Å². The summed E-state index contributed by atoms with van der Waals surface area (Å²) in [4.78, 5) is 12.5. The number of rotatable bonds is 4. The highest BCUT2D eigenvalue weighted by Crippen LogP contribution is 2.47. The lowest BCUT2D eigenvalue weighted by Crippen LogP contribution is -2.45. The van der Waals surface area contributed by atoms with E-state index in [1.165, 1.54) is 6.42 Å². The molecule has 7 heteroatoms. The molecule has 2 aromatic rings. The maximum Gasteiger partial charge on any atom is 0.225 e. The van der Waals surface area contributed by atoms with Crippen molar-refractivity contribution in [1.82, 2.24) is 20.1 Å². The molecule has 2 aliphatic rings. The lowest BCUT2D eigenvalue weighted by atomic mass is 9.84. The van der Waals surface area contributed by atoms with E-state index in [1.807, 2.05) is 34.9 Å². The van der Waals surface area contributed by atoms with Gasteiger partial charge >= 0.3 is 0 Å². The average molecular weight is 348 g/mol. The van der Waals surface area contributed by atoms with Crippen LogP contribution in [0.5, 0.6) is 0 Å². The van der Waals surface area contributed by atoms with Crippen molar-refractivity contribution < 1.29 is 4.79 Å². The lowest BCUT2D eigenvalue weighted by Gasteiger charge is -2.26. The van der Waals surface area contributed by atoms with Gasteiger partial charge in [0.15, 0.2) is 5.82 Å². The molecule has 0 radical (unpaired) electrons. The topological polar surface area (TPSA) is 85.8 Å². The first-order valence-corrected chi connectivity index (χ1v) is 8.21. The Balaban J connectivity index is 0.00000169. The van der Waals surface area contributed by atoms with Crippen LogP contribution in [0.15, 0.2) is 36.7 Å². The van der Waals surface area contributed by atoms with Crippen molar-refractivity contribution in [2.45, 2.75) is 31.8 Å². The zero-order valence-electron chi connectivity index (χ0n) is 13.3. The van der Waals surface area contributed by atoms with Crippen LogP contribution in [0.25, 0.3) is 5.69 Å². The monoisotopic (exact) mass is 347 g/mol. The number of carbonyl (C=O) groups excluding carboxylic acids is 1. The minimum atomic E-state index is -0.0400. The number of aromatic nitrogens is 3. The van der Waals surface area contributed by atoms with Crippen LogP contribution in [-0.4, -0.2) is 26.7 Å². The molecule has 6 nitrogen and oxygen atoms in total. The summed E-state index contributed by atoms with van der Waals surface area (Å²) in [6.45, 7) is 0.369. The van der Waals surface area contributed by atoms with Gasteiger partial charge in [0.1, 0.15) is 6.33 Å². The molecule has 2 saturated carbocycles. The van der Waals surface area contributed by atoms with Gasteiger partial charge in [0.05, 0.1) is 12.5 Å². The van der Waals surface area contributed by atoms with E-state index in [4.69, 9.17) is 5.73 Å². The van der Waals surface area contributed by atoms with Crippen LogP contribution >= 0.6 is 12.4 Å². The van der Waals surface area contributed by atoms with Gasteiger partial charge in [-0.25, -0.2) is 0 Å². The van der Waals surface area contributed by atoms with Crippen molar-refractivity contribution in [2.24, 2.45) is 23.5 Å². The van der Waals surface area contributed by atoms with E-state index >= 15 is 0 Å². The second-order valence-corrected chi connectivity index (χ2v) is 6.61. The number of nitrogens with one attached hydrogen (secondary N) is 1. The summed E-state index contributed by atoms with van der Waals surface area (Å²) < 4.78 is 1.89. The van der Waals surface area contributed by atoms with Crippen LogP contribution in [0.2, 0.25) is 0 Å². The molecular formula is C17H22ClN5O. The number of amides is 1. The number of nitrogens with zero attached hydrogens (tertiary/aromatic N) is 3. The number of fused-ring (bicyclic) bond motifs is 2. The molecule has 3 N–H and O–H groups in total. The summed E-state index contributed by atoms with van der Waals surface area (Å²) in [5, 5.41) is 11.1. The van der Waals surface area contributed by atoms with Gasteiger partial charge in [0, 0.05) is 11.7 Å². The van der Waals surface area contributed by atoms with E-state index in [9.17, 15) is 4.79 Å². The standard InChI is InChI=1S/C17H21N5O.ClH/c18-16-12-7-6-11(8-12)15(16)17(23)19-9-14-21-20-10-22(14)13-4-2-1-3-5-13;/h1-5,10-12,15-16H,6-9,18H2,(H,19,23);1H. The number of para-hydroxylation sites is 1. The first kappa shape index (κ1) is 16.9. The normalized spacial score (nSPS) is 27.7. The van der Waals surface area contributed by atoms with E-state index < -0.39 is 0 Å². The fourth-order valence-corrected chi connectivity index (χ4v) is 4.19. The molecule has 1 amide bonds. The fraction of sp³-hybridized carbons (Fsp3) is 0.471. The fourth-order valence-electron chi connectivity index (χ4n) is 4.19. The molecule has 4 atom stereocenters. The summed E-state index contributed by atoms with van der Waals surface area (Å²) in [6.07, 6.45) is 5.09. The maximum absolute atomic E-state index is 12.5. The van der Waals surface area contributed by atoms with E-state index in [1.54, 1.807) is 6.33 Å². The third-order valence-electron chi connectivity index (χ3n) is 5.36. The molecule has 0 aliphatic heterocycles. The number of benzene rings is 1. The number of hydrogen-bond donors (Lipinski definition) is 2. The Kier molecular flexibility index (Phi) is 4.87. The molecule has 1 aromatic carbocycles. The Hall–Kier alpha value is -1.92. The van der Waals surface area contributed by atoms with Gasteiger partial charge in [0.2, 0.25) is 5.91 Å². The Morgan fingerprint density at radius 1 is 1.25 bits per heavy atom. The zero-order chi connectivity index (χ0) is 15.8. The molecule has 2 fully saturated rings. The third-order valence-corrected chi connectivity index (χ3v) is 5.36. The molecule has 24 heavy (non-hydrogen) atoms. The number of nitrogens with two attached hydrogens (primary N) is 1. The number of halogens is 1. The van der Waals surface area contributed by atoms with Crippen molar-refractivity contribution in [3.8, 4) is 5.69 Å². The second-order valence-electron chi connectivity index (χ2n) is 6.61. The molecule has 2 bridgehead atoms. The second kappa shape index (κ2) is 6.91. The van der Waals surface area contributed by atoms with Gasteiger partial charge in [-0.3, -0.25) is 9.36 Å². The Morgan fingerprint density at radius 2 is 2.00 bits per heavy atom. The highest BCUT2D eigenvalue weighted by molar-refractivity contribution is 5.85. The van der Waals surface area contributed by atoms with Gasteiger partial charge < -0.3 is 11.1 Å². The van der Waals surface area contributed by atoms with Crippen molar-refractivity contribution in [1.29, 1.82) is 0 Å². The largest absolute Gasteiger partial charge is 0.348 e. The smallest absolute Gasteiger partial charge is 0.225 e. The van der Waals surface area contributed by atoms with Crippen molar-refractivity contribution in [2.75, 3.05) is 0 Å². The molecule has 4 unspecified atom stereocenters. The SMILES string of the molecule is Cl.NC1C2CCC(C2)C1C(=O)NCc1nncn1-c1ccccc1. The molecule has 2 aliphatic carbocycles. The van der Waals surface area contributed by atoms with Gasteiger partial charge in [-0.1, -0.05) is 18.2 Å². The third kappa shape index (κ3) is 2.91. The van der Waals surface area contributed by atoms with Crippen LogP contribution in [0.1, 0.15) is 25.1 Å². The van der Waals surface area contributed by atoms with Crippen LogP contribution in [-0.2, 0) is 11.3 Å². The minimum Gasteiger partial charge on any atom is -0.348 e. The summed E-state index contributed by atoms with van der Waals surface area (Å²) in [5.74, 6) is 1.74. The number of hydrogen-bond acceptors (Lipinski definition) is 4. The molecule has 128 valence electrons. The summed E-state index contributed by atoms with van der Waals surface area (Å²) in [7, 11) is 0. The lowest BCUT2D eigenvalue weighted by molar-refractivity contribution is -0.127. The zero-order valence-corrected chi connectivity index (χ0v) is 14.2. The van der Waals surface area contributed by atoms with E-state index in [-0.39, 0.29) is 30.3 Å².